The SMILES string of the molecule is CC(=O)c1cccc(C2CCN(C(=O)C3CCN(CC(C)C)CC3)CC2)c1. The van der Waals surface area contributed by atoms with Gasteiger partial charge < -0.3 is 9.80 Å². The average molecular weight is 371 g/mol. The fourth-order valence-corrected chi connectivity index (χ4v) is 4.58. The first-order valence-electron chi connectivity index (χ1n) is 10.6. The molecule has 27 heavy (non-hydrogen) atoms. The van der Waals surface area contributed by atoms with Crippen LogP contribution in [-0.4, -0.2) is 54.2 Å². The molecule has 1 aromatic carbocycles. The van der Waals surface area contributed by atoms with Crippen molar-refractivity contribution in [2.45, 2.75) is 52.4 Å². The maximum Gasteiger partial charge on any atom is 0.225 e. The van der Waals surface area contributed by atoms with Gasteiger partial charge in [-0.15, -0.1) is 0 Å². The van der Waals surface area contributed by atoms with Crippen molar-refractivity contribution in [3.8, 4) is 0 Å². The molecular weight excluding hydrogens is 336 g/mol. The second-order valence-corrected chi connectivity index (χ2v) is 8.75. The van der Waals surface area contributed by atoms with E-state index < -0.39 is 0 Å². The summed E-state index contributed by atoms with van der Waals surface area (Å²) in [4.78, 5) is 29.1. The first-order chi connectivity index (χ1) is 12.9. The lowest BCUT2D eigenvalue weighted by Crippen LogP contribution is -2.45. The lowest BCUT2D eigenvalue weighted by atomic mass is 9.87. The summed E-state index contributed by atoms with van der Waals surface area (Å²) in [5.74, 6) is 1.86. The number of ketones is 1. The number of amides is 1. The molecule has 2 aliphatic rings. The van der Waals surface area contributed by atoms with Crippen LogP contribution in [0.15, 0.2) is 24.3 Å². The van der Waals surface area contributed by atoms with Gasteiger partial charge in [-0.1, -0.05) is 32.0 Å². The summed E-state index contributed by atoms with van der Waals surface area (Å²) in [6, 6.07) is 8.03. The van der Waals surface area contributed by atoms with Crippen LogP contribution >= 0.6 is 0 Å². The molecule has 0 aromatic heterocycles. The summed E-state index contributed by atoms with van der Waals surface area (Å²) < 4.78 is 0. The first kappa shape index (κ1) is 20.1. The smallest absolute Gasteiger partial charge is 0.225 e. The van der Waals surface area contributed by atoms with Gasteiger partial charge in [0.15, 0.2) is 5.78 Å². The second-order valence-electron chi connectivity index (χ2n) is 8.75. The molecule has 4 heteroatoms. The van der Waals surface area contributed by atoms with Gasteiger partial charge in [-0.3, -0.25) is 9.59 Å². The Balaban J connectivity index is 1.50. The highest BCUT2D eigenvalue weighted by Crippen LogP contribution is 2.30. The van der Waals surface area contributed by atoms with Crippen molar-refractivity contribution in [2.75, 3.05) is 32.7 Å². The Bertz CT molecular complexity index is 654. The molecule has 2 fully saturated rings. The minimum Gasteiger partial charge on any atom is -0.342 e. The van der Waals surface area contributed by atoms with Crippen molar-refractivity contribution < 1.29 is 9.59 Å². The van der Waals surface area contributed by atoms with Gasteiger partial charge in [0.2, 0.25) is 5.91 Å². The van der Waals surface area contributed by atoms with Crippen molar-refractivity contribution in [3.63, 3.8) is 0 Å². The van der Waals surface area contributed by atoms with E-state index in [1.807, 2.05) is 18.2 Å². The van der Waals surface area contributed by atoms with E-state index in [4.69, 9.17) is 0 Å². The molecule has 0 unspecified atom stereocenters. The van der Waals surface area contributed by atoms with E-state index in [2.05, 4.69) is 29.7 Å². The van der Waals surface area contributed by atoms with Gasteiger partial charge in [0.1, 0.15) is 0 Å². The maximum atomic E-state index is 12.9. The molecule has 2 saturated heterocycles. The quantitative estimate of drug-likeness (QED) is 0.737. The van der Waals surface area contributed by atoms with Crippen LogP contribution in [-0.2, 0) is 4.79 Å². The van der Waals surface area contributed by atoms with Crippen LogP contribution in [0, 0.1) is 11.8 Å². The highest BCUT2D eigenvalue weighted by Gasteiger charge is 2.31. The number of rotatable bonds is 5. The number of Topliss-reactive ketones (excluding diaryl/α,β-unsaturated/α-hetero) is 1. The van der Waals surface area contributed by atoms with Gasteiger partial charge >= 0.3 is 0 Å². The van der Waals surface area contributed by atoms with E-state index in [1.165, 1.54) is 5.56 Å². The number of carbonyl (C=O) groups is 2. The van der Waals surface area contributed by atoms with Gasteiger partial charge in [0.05, 0.1) is 0 Å². The Kier molecular flexibility index (Phi) is 6.69. The zero-order valence-corrected chi connectivity index (χ0v) is 17.1. The van der Waals surface area contributed by atoms with Gasteiger partial charge in [0, 0.05) is 31.1 Å². The molecule has 3 rings (SSSR count). The predicted octanol–water partition coefficient (Wildman–Crippen LogP) is 3.96. The third-order valence-corrected chi connectivity index (χ3v) is 6.13. The molecule has 0 bridgehead atoms. The van der Waals surface area contributed by atoms with Crippen LogP contribution in [0.3, 0.4) is 0 Å². The summed E-state index contributed by atoms with van der Waals surface area (Å²) in [6.45, 7) is 11.1. The number of hydrogen-bond acceptors (Lipinski definition) is 3. The van der Waals surface area contributed by atoms with Crippen LogP contribution in [0.5, 0.6) is 0 Å². The van der Waals surface area contributed by atoms with Crippen molar-refractivity contribution in [1.29, 1.82) is 0 Å². The highest BCUT2D eigenvalue weighted by atomic mass is 16.2. The summed E-state index contributed by atoms with van der Waals surface area (Å²) in [6.07, 6.45) is 4.01. The fraction of sp³-hybridized carbons (Fsp3) is 0.652. The summed E-state index contributed by atoms with van der Waals surface area (Å²) in [5.41, 5.74) is 2.04. The van der Waals surface area contributed by atoms with E-state index in [1.54, 1.807) is 6.92 Å². The topological polar surface area (TPSA) is 40.6 Å². The standard InChI is InChI=1S/C23H34N2O2/c1-17(2)16-24-11-7-20(8-12-24)23(27)25-13-9-19(10-14-25)22-6-4-5-21(15-22)18(3)26/h4-6,15,17,19-20H,7-14,16H2,1-3H3. The molecule has 4 nitrogen and oxygen atoms in total. The number of piperidine rings is 2. The maximum absolute atomic E-state index is 12.9. The van der Waals surface area contributed by atoms with E-state index in [0.29, 0.717) is 17.7 Å². The highest BCUT2D eigenvalue weighted by molar-refractivity contribution is 5.94. The van der Waals surface area contributed by atoms with Crippen molar-refractivity contribution in [1.82, 2.24) is 9.80 Å². The van der Waals surface area contributed by atoms with Crippen molar-refractivity contribution in [2.24, 2.45) is 11.8 Å². The van der Waals surface area contributed by atoms with E-state index in [9.17, 15) is 9.59 Å². The van der Waals surface area contributed by atoms with Crippen LogP contribution in [0.1, 0.15) is 68.3 Å². The Morgan fingerprint density at radius 2 is 1.70 bits per heavy atom. The largest absolute Gasteiger partial charge is 0.342 e. The van der Waals surface area contributed by atoms with Crippen LogP contribution in [0.25, 0.3) is 0 Å². The zero-order valence-electron chi connectivity index (χ0n) is 17.1. The number of carbonyl (C=O) groups excluding carboxylic acids is 2. The molecule has 0 spiro atoms. The molecule has 2 aliphatic heterocycles. The number of benzene rings is 1. The normalized spacial score (nSPS) is 20.2. The van der Waals surface area contributed by atoms with Crippen LogP contribution in [0.4, 0.5) is 0 Å². The molecule has 0 atom stereocenters. The van der Waals surface area contributed by atoms with Gasteiger partial charge in [-0.25, -0.2) is 0 Å². The molecule has 1 aromatic rings. The third-order valence-electron chi connectivity index (χ3n) is 6.13. The monoisotopic (exact) mass is 370 g/mol. The van der Waals surface area contributed by atoms with E-state index in [-0.39, 0.29) is 11.7 Å². The number of hydrogen-bond donors (Lipinski definition) is 0. The Morgan fingerprint density at radius 1 is 1.04 bits per heavy atom. The van der Waals surface area contributed by atoms with E-state index in [0.717, 1.165) is 64.0 Å². The fourth-order valence-electron chi connectivity index (χ4n) is 4.58. The lowest BCUT2D eigenvalue weighted by molar-refractivity contribution is -0.138. The zero-order chi connectivity index (χ0) is 19.4. The Labute approximate surface area is 163 Å². The molecule has 0 aliphatic carbocycles. The summed E-state index contributed by atoms with van der Waals surface area (Å²) >= 11 is 0. The summed E-state index contributed by atoms with van der Waals surface area (Å²) in [7, 11) is 0. The molecular formula is C23H34N2O2. The predicted molar refractivity (Wildman–Crippen MR) is 109 cm³/mol. The molecule has 0 saturated carbocycles. The van der Waals surface area contributed by atoms with Crippen LogP contribution < -0.4 is 0 Å². The molecule has 0 N–H and O–H groups in total. The summed E-state index contributed by atoms with van der Waals surface area (Å²) in [5, 5.41) is 0. The second kappa shape index (κ2) is 9.01. The Hall–Kier alpha value is -1.68. The third kappa shape index (κ3) is 5.19. The van der Waals surface area contributed by atoms with Gasteiger partial charge in [-0.2, -0.15) is 0 Å². The van der Waals surface area contributed by atoms with Crippen molar-refractivity contribution in [3.05, 3.63) is 35.4 Å². The Morgan fingerprint density at radius 3 is 2.30 bits per heavy atom. The molecule has 0 radical (unpaired) electrons. The molecule has 1 amide bonds. The van der Waals surface area contributed by atoms with Crippen LogP contribution in [0.2, 0.25) is 0 Å². The van der Waals surface area contributed by atoms with Crippen molar-refractivity contribution >= 4 is 11.7 Å². The van der Waals surface area contributed by atoms with E-state index >= 15 is 0 Å². The number of nitrogens with zero attached hydrogens (tertiary/aromatic N) is 2. The number of likely N-dealkylation sites (tertiary alicyclic amines) is 2. The first-order valence-corrected chi connectivity index (χ1v) is 10.6. The van der Waals surface area contributed by atoms with Gasteiger partial charge in [0.25, 0.3) is 0 Å². The minimum atomic E-state index is 0.119. The average Bonchev–Trinajstić information content (AvgIpc) is 2.68. The molecule has 2 heterocycles. The minimum absolute atomic E-state index is 0.119. The lowest BCUT2D eigenvalue weighted by Gasteiger charge is -2.37. The molecule has 148 valence electrons. The van der Waals surface area contributed by atoms with Gasteiger partial charge in [-0.05, 0) is 69.2 Å².